The molecular formula is C26H28FN3O2. The van der Waals surface area contributed by atoms with Crippen LogP contribution in [0.1, 0.15) is 55.1 Å². The van der Waals surface area contributed by atoms with Gasteiger partial charge in [0.2, 0.25) is 5.91 Å². The van der Waals surface area contributed by atoms with Crippen molar-refractivity contribution in [1.29, 1.82) is 0 Å². The number of carbonyl (C=O) groups is 2. The second-order valence-corrected chi connectivity index (χ2v) is 9.24. The van der Waals surface area contributed by atoms with Crippen molar-refractivity contribution in [2.45, 2.75) is 63.7 Å². The molecule has 2 heterocycles. The number of fused-ring (bicyclic) bond motifs is 3. The summed E-state index contributed by atoms with van der Waals surface area (Å²) in [6.45, 7) is 2.18. The van der Waals surface area contributed by atoms with Crippen molar-refractivity contribution in [2.75, 3.05) is 0 Å². The average Bonchev–Trinajstić information content (AvgIpc) is 3.17. The van der Waals surface area contributed by atoms with Gasteiger partial charge in [-0.1, -0.05) is 55.7 Å². The zero-order chi connectivity index (χ0) is 22.3. The molecular weight excluding hydrogens is 405 g/mol. The number of hydrogen-bond acceptors (Lipinski definition) is 2. The summed E-state index contributed by atoms with van der Waals surface area (Å²) in [5, 5.41) is 4.17. The van der Waals surface area contributed by atoms with Crippen molar-refractivity contribution >= 4 is 22.7 Å². The Morgan fingerprint density at radius 3 is 2.59 bits per heavy atom. The van der Waals surface area contributed by atoms with E-state index in [-0.39, 0.29) is 30.2 Å². The summed E-state index contributed by atoms with van der Waals surface area (Å²) < 4.78 is 16.5. The van der Waals surface area contributed by atoms with Gasteiger partial charge in [-0.2, -0.15) is 0 Å². The lowest BCUT2D eigenvalue weighted by molar-refractivity contribution is -0.134. The molecule has 6 heteroatoms. The van der Waals surface area contributed by atoms with E-state index in [9.17, 15) is 14.0 Å². The van der Waals surface area contributed by atoms with Crippen molar-refractivity contribution in [3.63, 3.8) is 0 Å². The predicted octanol–water partition coefficient (Wildman–Crippen LogP) is 4.64. The highest BCUT2D eigenvalue weighted by atomic mass is 19.1. The van der Waals surface area contributed by atoms with Gasteiger partial charge in [-0.3, -0.25) is 9.59 Å². The Morgan fingerprint density at radius 2 is 1.81 bits per heavy atom. The second kappa shape index (κ2) is 8.08. The van der Waals surface area contributed by atoms with Crippen LogP contribution in [0.4, 0.5) is 4.39 Å². The topological polar surface area (TPSA) is 54.3 Å². The van der Waals surface area contributed by atoms with Crippen LogP contribution in [0.3, 0.4) is 0 Å². The minimum Gasteiger partial charge on any atom is -0.351 e. The van der Waals surface area contributed by atoms with E-state index in [1.807, 2.05) is 41.8 Å². The Labute approximate surface area is 187 Å². The van der Waals surface area contributed by atoms with E-state index in [1.54, 1.807) is 23.1 Å². The first-order chi connectivity index (χ1) is 15.5. The van der Waals surface area contributed by atoms with Gasteiger partial charge in [-0.05, 0) is 38.0 Å². The van der Waals surface area contributed by atoms with Crippen molar-refractivity contribution in [3.05, 3.63) is 71.7 Å². The van der Waals surface area contributed by atoms with E-state index in [0.717, 1.165) is 36.6 Å². The van der Waals surface area contributed by atoms with Gasteiger partial charge in [0.15, 0.2) is 0 Å². The lowest BCUT2D eigenvalue weighted by Crippen LogP contribution is -2.64. The summed E-state index contributed by atoms with van der Waals surface area (Å²) in [4.78, 5) is 28.9. The molecule has 2 aliphatic rings. The third-order valence-electron chi connectivity index (χ3n) is 7.05. The Bertz CT molecular complexity index is 1180. The van der Waals surface area contributed by atoms with Gasteiger partial charge in [0.05, 0.1) is 13.1 Å². The summed E-state index contributed by atoms with van der Waals surface area (Å²) in [5.74, 6) is -0.795. The first kappa shape index (κ1) is 20.7. The molecule has 0 spiro atoms. The standard InChI is InChI=1S/C26H28FN3O2/c1-26(25(32)28-20-11-3-2-4-12-20)17-29-22-14-8-6-9-18(22)15-23(29)24(31)30(26)16-19-10-5-7-13-21(19)27/h5-10,13-15,20H,2-4,11-12,16-17H2,1H3,(H,28,32)/t26-/m0/s1. The summed E-state index contributed by atoms with van der Waals surface area (Å²) in [6, 6.07) is 16.2. The van der Waals surface area contributed by atoms with Crippen molar-refractivity contribution in [2.24, 2.45) is 0 Å². The number of nitrogens with zero attached hydrogens (tertiary/aromatic N) is 2. The molecule has 1 N–H and O–H groups in total. The maximum atomic E-state index is 14.5. The molecule has 5 rings (SSSR count). The maximum Gasteiger partial charge on any atom is 0.271 e. The maximum absolute atomic E-state index is 14.5. The Balaban J connectivity index is 1.56. The monoisotopic (exact) mass is 433 g/mol. The molecule has 0 unspecified atom stereocenters. The molecule has 1 aliphatic heterocycles. The SMILES string of the molecule is C[C@@]1(C(=O)NC2CCCCC2)Cn2c(cc3ccccc32)C(=O)N1Cc1ccccc1F. The van der Waals surface area contributed by atoms with Crippen LogP contribution in [0, 0.1) is 5.82 Å². The van der Waals surface area contributed by atoms with Crippen LogP contribution >= 0.6 is 0 Å². The number of benzene rings is 2. The molecule has 0 bridgehead atoms. The fourth-order valence-corrected chi connectivity index (χ4v) is 5.14. The van der Waals surface area contributed by atoms with Crippen LogP contribution < -0.4 is 5.32 Å². The zero-order valence-corrected chi connectivity index (χ0v) is 18.3. The van der Waals surface area contributed by atoms with Crippen molar-refractivity contribution in [3.8, 4) is 0 Å². The van der Waals surface area contributed by atoms with Crippen LogP contribution in [-0.2, 0) is 17.9 Å². The fraction of sp³-hybridized carbons (Fsp3) is 0.385. The number of nitrogens with one attached hydrogen (secondary N) is 1. The summed E-state index contributed by atoms with van der Waals surface area (Å²) in [6.07, 6.45) is 5.32. The molecule has 1 saturated carbocycles. The molecule has 2 aromatic carbocycles. The average molecular weight is 434 g/mol. The van der Waals surface area contributed by atoms with Gasteiger partial charge in [0.1, 0.15) is 17.1 Å². The minimum absolute atomic E-state index is 0.0433. The molecule has 1 aromatic heterocycles. The largest absolute Gasteiger partial charge is 0.351 e. The lowest BCUT2D eigenvalue weighted by Gasteiger charge is -2.45. The minimum atomic E-state index is -1.13. The van der Waals surface area contributed by atoms with Crippen molar-refractivity contribution < 1.29 is 14.0 Å². The molecule has 0 radical (unpaired) electrons. The number of para-hydroxylation sites is 1. The number of hydrogen-bond donors (Lipinski definition) is 1. The van der Waals surface area contributed by atoms with Gasteiger partial charge in [0.25, 0.3) is 5.91 Å². The molecule has 1 atom stereocenters. The Kier molecular flexibility index (Phi) is 5.24. The zero-order valence-electron chi connectivity index (χ0n) is 18.3. The second-order valence-electron chi connectivity index (χ2n) is 9.24. The molecule has 166 valence electrons. The highest BCUT2D eigenvalue weighted by Crippen LogP contribution is 2.34. The van der Waals surface area contributed by atoms with Crippen LogP contribution in [0.15, 0.2) is 54.6 Å². The van der Waals surface area contributed by atoms with E-state index in [0.29, 0.717) is 17.8 Å². The first-order valence-electron chi connectivity index (χ1n) is 11.4. The molecule has 1 fully saturated rings. The number of rotatable bonds is 4. The van der Waals surface area contributed by atoms with Crippen molar-refractivity contribution in [1.82, 2.24) is 14.8 Å². The number of aromatic nitrogens is 1. The molecule has 5 nitrogen and oxygen atoms in total. The Morgan fingerprint density at radius 1 is 1.09 bits per heavy atom. The van der Waals surface area contributed by atoms with Crippen LogP contribution in [0.25, 0.3) is 10.9 Å². The number of halogens is 1. The van der Waals surface area contributed by atoms with Gasteiger partial charge in [-0.25, -0.2) is 4.39 Å². The smallest absolute Gasteiger partial charge is 0.271 e. The van der Waals surface area contributed by atoms with Crippen LogP contribution in [0.2, 0.25) is 0 Å². The molecule has 3 aromatic rings. The summed E-state index contributed by atoms with van der Waals surface area (Å²) in [7, 11) is 0. The highest BCUT2D eigenvalue weighted by Gasteiger charge is 2.48. The molecule has 1 aliphatic carbocycles. The van der Waals surface area contributed by atoms with E-state index in [1.165, 1.54) is 12.5 Å². The third kappa shape index (κ3) is 3.48. The van der Waals surface area contributed by atoms with Crippen LogP contribution in [-0.4, -0.2) is 32.9 Å². The van der Waals surface area contributed by atoms with Gasteiger partial charge in [-0.15, -0.1) is 0 Å². The van der Waals surface area contributed by atoms with E-state index < -0.39 is 5.54 Å². The highest BCUT2D eigenvalue weighted by molar-refractivity contribution is 6.03. The van der Waals surface area contributed by atoms with Gasteiger partial charge >= 0.3 is 0 Å². The normalized spacial score (nSPS) is 21.6. The summed E-state index contributed by atoms with van der Waals surface area (Å²) in [5.41, 5.74) is 0.733. The third-order valence-corrected chi connectivity index (χ3v) is 7.05. The first-order valence-corrected chi connectivity index (χ1v) is 11.4. The van der Waals surface area contributed by atoms with E-state index in [4.69, 9.17) is 0 Å². The molecule has 32 heavy (non-hydrogen) atoms. The van der Waals surface area contributed by atoms with Gasteiger partial charge in [0, 0.05) is 22.5 Å². The molecule has 2 amide bonds. The fourth-order valence-electron chi connectivity index (χ4n) is 5.14. The van der Waals surface area contributed by atoms with Crippen LogP contribution in [0.5, 0.6) is 0 Å². The number of carbonyl (C=O) groups excluding carboxylic acids is 2. The number of amides is 2. The van der Waals surface area contributed by atoms with Gasteiger partial charge < -0.3 is 14.8 Å². The van der Waals surface area contributed by atoms with E-state index in [2.05, 4.69) is 5.32 Å². The predicted molar refractivity (Wildman–Crippen MR) is 122 cm³/mol. The molecule has 0 saturated heterocycles. The quantitative estimate of drug-likeness (QED) is 0.652. The summed E-state index contributed by atoms with van der Waals surface area (Å²) >= 11 is 0. The lowest BCUT2D eigenvalue weighted by atomic mass is 9.91. The van der Waals surface area contributed by atoms with E-state index >= 15 is 0 Å². The Hall–Kier alpha value is -3.15.